The lowest BCUT2D eigenvalue weighted by Crippen LogP contribution is -2.47. The maximum absolute atomic E-state index is 5.99. The second-order valence-electron chi connectivity index (χ2n) is 4.92. The molecule has 1 fully saturated rings. The third kappa shape index (κ3) is 2.96. The summed E-state index contributed by atoms with van der Waals surface area (Å²) < 4.78 is 6.76. The van der Waals surface area contributed by atoms with Crippen LogP contribution in [-0.2, 0) is 4.74 Å². The molecule has 0 radical (unpaired) electrons. The van der Waals surface area contributed by atoms with Crippen molar-refractivity contribution in [1.29, 1.82) is 0 Å². The standard InChI is InChI=1S/C13H21BrN2OS/c1-9-3-5-16(8-12(9)17-2)11(7-15)13-10(14)4-6-18-13/h4,6,9,11-12H,3,5,7-8,15H2,1-2H3. The summed E-state index contributed by atoms with van der Waals surface area (Å²) in [5.41, 5.74) is 5.99. The normalized spacial score (nSPS) is 27.3. The minimum atomic E-state index is 0.310. The van der Waals surface area contributed by atoms with Crippen LogP contribution in [0.25, 0.3) is 0 Å². The van der Waals surface area contributed by atoms with Gasteiger partial charge >= 0.3 is 0 Å². The van der Waals surface area contributed by atoms with Crippen LogP contribution < -0.4 is 5.73 Å². The SMILES string of the molecule is COC1CN(C(CN)c2sccc2Br)CCC1C. The van der Waals surface area contributed by atoms with E-state index >= 15 is 0 Å². The number of halogens is 1. The average Bonchev–Trinajstić information content (AvgIpc) is 2.79. The van der Waals surface area contributed by atoms with Crippen molar-refractivity contribution in [3.8, 4) is 0 Å². The molecule has 1 aliphatic heterocycles. The quantitative estimate of drug-likeness (QED) is 0.921. The van der Waals surface area contributed by atoms with Gasteiger partial charge in [0.15, 0.2) is 0 Å². The third-order valence-electron chi connectivity index (χ3n) is 3.83. The van der Waals surface area contributed by atoms with Gasteiger partial charge in [-0.3, -0.25) is 4.90 Å². The first kappa shape index (κ1) is 14.5. The van der Waals surface area contributed by atoms with Gasteiger partial charge in [0.2, 0.25) is 0 Å². The lowest BCUT2D eigenvalue weighted by atomic mass is 9.94. The van der Waals surface area contributed by atoms with Gasteiger partial charge in [0.1, 0.15) is 0 Å². The van der Waals surface area contributed by atoms with E-state index in [1.807, 2.05) is 7.11 Å². The maximum atomic E-state index is 5.99. The number of nitrogens with zero attached hydrogens (tertiary/aromatic N) is 1. The zero-order chi connectivity index (χ0) is 13.1. The molecule has 2 rings (SSSR count). The topological polar surface area (TPSA) is 38.5 Å². The molecule has 0 saturated carbocycles. The van der Waals surface area contributed by atoms with Crippen LogP contribution in [-0.4, -0.2) is 37.7 Å². The molecule has 0 amide bonds. The highest BCUT2D eigenvalue weighted by Gasteiger charge is 2.31. The van der Waals surface area contributed by atoms with Crippen molar-refractivity contribution in [3.63, 3.8) is 0 Å². The van der Waals surface area contributed by atoms with Crippen LogP contribution >= 0.6 is 27.3 Å². The molecule has 1 aliphatic rings. The van der Waals surface area contributed by atoms with Crippen molar-refractivity contribution < 1.29 is 4.74 Å². The summed E-state index contributed by atoms with van der Waals surface area (Å²) in [6.07, 6.45) is 1.50. The number of methoxy groups -OCH3 is 1. The maximum Gasteiger partial charge on any atom is 0.0724 e. The van der Waals surface area contributed by atoms with Crippen LogP contribution in [0.3, 0.4) is 0 Å². The summed E-state index contributed by atoms with van der Waals surface area (Å²) in [4.78, 5) is 3.80. The molecule has 3 nitrogen and oxygen atoms in total. The van der Waals surface area contributed by atoms with E-state index < -0.39 is 0 Å². The summed E-state index contributed by atoms with van der Waals surface area (Å²) in [5, 5.41) is 2.11. The highest BCUT2D eigenvalue weighted by molar-refractivity contribution is 9.10. The fourth-order valence-electron chi connectivity index (χ4n) is 2.61. The van der Waals surface area contributed by atoms with E-state index in [1.165, 1.54) is 15.8 Å². The molecule has 18 heavy (non-hydrogen) atoms. The Morgan fingerprint density at radius 3 is 3.00 bits per heavy atom. The monoisotopic (exact) mass is 332 g/mol. The number of likely N-dealkylation sites (tertiary alicyclic amines) is 1. The fourth-order valence-corrected chi connectivity index (χ4v) is 4.40. The minimum Gasteiger partial charge on any atom is -0.380 e. The molecule has 0 aliphatic carbocycles. The van der Waals surface area contributed by atoms with Crippen LogP contribution in [0.4, 0.5) is 0 Å². The van der Waals surface area contributed by atoms with Crippen LogP contribution in [0.15, 0.2) is 15.9 Å². The highest BCUT2D eigenvalue weighted by atomic mass is 79.9. The Labute approximate surface area is 121 Å². The van der Waals surface area contributed by atoms with Gasteiger partial charge in [-0.2, -0.15) is 0 Å². The Kier molecular flexibility index (Phi) is 5.21. The summed E-state index contributed by atoms with van der Waals surface area (Å²) in [6, 6.07) is 2.41. The number of hydrogen-bond donors (Lipinski definition) is 1. The molecular formula is C13H21BrN2OS. The summed E-state index contributed by atoms with van der Waals surface area (Å²) in [7, 11) is 1.81. The Balaban J connectivity index is 2.12. The predicted octanol–water partition coefficient (Wildman–Crippen LogP) is 2.87. The number of rotatable bonds is 4. The molecule has 1 aromatic heterocycles. The molecule has 3 atom stereocenters. The molecule has 5 heteroatoms. The lowest BCUT2D eigenvalue weighted by molar-refractivity contribution is -0.0179. The second kappa shape index (κ2) is 6.48. The molecule has 102 valence electrons. The average molecular weight is 333 g/mol. The molecule has 0 spiro atoms. The van der Waals surface area contributed by atoms with Crippen molar-refractivity contribution in [1.82, 2.24) is 4.90 Å². The van der Waals surface area contributed by atoms with E-state index in [1.54, 1.807) is 11.3 Å². The van der Waals surface area contributed by atoms with Crippen LogP contribution in [0, 0.1) is 5.92 Å². The van der Waals surface area contributed by atoms with Gasteiger partial charge in [-0.25, -0.2) is 0 Å². The van der Waals surface area contributed by atoms with E-state index in [0.717, 1.165) is 13.1 Å². The summed E-state index contributed by atoms with van der Waals surface area (Å²) in [5.74, 6) is 0.636. The summed E-state index contributed by atoms with van der Waals surface area (Å²) >= 11 is 5.39. The molecule has 2 N–H and O–H groups in total. The molecule has 2 heterocycles. The molecule has 1 aromatic rings. The fraction of sp³-hybridized carbons (Fsp3) is 0.692. The largest absolute Gasteiger partial charge is 0.380 e. The number of ether oxygens (including phenoxy) is 1. The molecule has 3 unspecified atom stereocenters. The van der Waals surface area contributed by atoms with Gasteiger partial charge in [-0.15, -0.1) is 11.3 Å². The van der Waals surface area contributed by atoms with Gasteiger partial charge in [-0.1, -0.05) is 6.92 Å². The zero-order valence-corrected chi connectivity index (χ0v) is 13.3. The first-order chi connectivity index (χ1) is 8.67. The number of hydrogen-bond acceptors (Lipinski definition) is 4. The third-order valence-corrected chi connectivity index (χ3v) is 5.81. The van der Waals surface area contributed by atoms with Crippen LogP contribution in [0.2, 0.25) is 0 Å². The highest BCUT2D eigenvalue weighted by Crippen LogP contribution is 2.34. The molecule has 0 aromatic carbocycles. The van der Waals surface area contributed by atoms with Gasteiger partial charge < -0.3 is 10.5 Å². The van der Waals surface area contributed by atoms with Crippen LogP contribution in [0.1, 0.15) is 24.3 Å². The number of thiophene rings is 1. The van der Waals surface area contributed by atoms with Gasteiger partial charge in [0.05, 0.1) is 12.1 Å². The molecular weight excluding hydrogens is 312 g/mol. The minimum absolute atomic E-state index is 0.310. The Morgan fingerprint density at radius 2 is 2.44 bits per heavy atom. The molecule has 1 saturated heterocycles. The lowest BCUT2D eigenvalue weighted by Gasteiger charge is -2.40. The number of nitrogens with two attached hydrogens (primary N) is 1. The van der Waals surface area contributed by atoms with E-state index in [0.29, 0.717) is 24.6 Å². The van der Waals surface area contributed by atoms with Crippen molar-refractivity contribution in [2.24, 2.45) is 11.7 Å². The van der Waals surface area contributed by atoms with Gasteiger partial charge in [-0.05, 0) is 46.3 Å². The second-order valence-corrected chi connectivity index (χ2v) is 6.72. The Morgan fingerprint density at radius 1 is 1.67 bits per heavy atom. The predicted molar refractivity (Wildman–Crippen MR) is 80.0 cm³/mol. The van der Waals surface area contributed by atoms with Crippen LogP contribution in [0.5, 0.6) is 0 Å². The van der Waals surface area contributed by atoms with Crippen molar-refractivity contribution in [2.75, 3.05) is 26.7 Å². The molecule has 0 bridgehead atoms. The van der Waals surface area contributed by atoms with Gasteiger partial charge in [0.25, 0.3) is 0 Å². The van der Waals surface area contributed by atoms with Gasteiger partial charge in [0, 0.05) is 29.5 Å². The van der Waals surface area contributed by atoms with Crippen molar-refractivity contribution in [2.45, 2.75) is 25.5 Å². The van der Waals surface area contributed by atoms with Crippen molar-refractivity contribution in [3.05, 3.63) is 20.8 Å². The Hall–Kier alpha value is 0.0600. The Bertz CT molecular complexity index is 385. The smallest absolute Gasteiger partial charge is 0.0724 e. The van der Waals surface area contributed by atoms with E-state index in [4.69, 9.17) is 10.5 Å². The number of piperidine rings is 1. The van der Waals surface area contributed by atoms with E-state index in [9.17, 15) is 0 Å². The first-order valence-corrected chi connectivity index (χ1v) is 8.04. The summed E-state index contributed by atoms with van der Waals surface area (Å²) in [6.45, 7) is 5.01. The van der Waals surface area contributed by atoms with E-state index in [2.05, 4.69) is 39.2 Å². The zero-order valence-electron chi connectivity index (χ0n) is 10.9. The first-order valence-electron chi connectivity index (χ1n) is 6.37. The van der Waals surface area contributed by atoms with Crippen molar-refractivity contribution >= 4 is 27.3 Å². The van der Waals surface area contributed by atoms with E-state index in [-0.39, 0.29) is 0 Å².